The maximum absolute atomic E-state index is 12.1. The molecule has 0 aliphatic heterocycles. The molecule has 2 aromatic rings. The third kappa shape index (κ3) is 3.62. The Labute approximate surface area is 125 Å². The summed E-state index contributed by atoms with van der Waals surface area (Å²) in [6.07, 6.45) is 1.92. The number of thioether (sulfide) groups is 1. The van der Waals surface area contributed by atoms with Crippen LogP contribution >= 0.6 is 23.1 Å². The summed E-state index contributed by atoms with van der Waals surface area (Å²) in [6.45, 7) is 1.92. The molecule has 0 radical (unpaired) electrons. The molecule has 1 aromatic heterocycles. The van der Waals surface area contributed by atoms with Gasteiger partial charge < -0.3 is 16.2 Å². The van der Waals surface area contributed by atoms with Gasteiger partial charge in [-0.05, 0) is 31.4 Å². The largest absolute Gasteiger partial charge is 0.387 e. The summed E-state index contributed by atoms with van der Waals surface area (Å²) in [5, 5.41) is 13.3. The van der Waals surface area contributed by atoms with Crippen molar-refractivity contribution in [2.24, 2.45) is 0 Å². The second-order valence-electron chi connectivity index (χ2n) is 4.85. The molecule has 108 valence electrons. The predicted octanol–water partition coefficient (Wildman–Crippen LogP) is 1.72. The summed E-state index contributed by atoms with van der Waals surface area (Å²) in [6, 6.07) is 5.25. The molecular weight excluding hydrogens is 294 g/mol. The van der Waals surface area contributed by atoms with E-state index < -0.39 is 5.60 Å². The number of carbonyl (C=O) groups excluding carboxylic acids is 1. The van der Waals surface area contributed by atoms with Gasteiger partial charge in [-0.15, -0.1) is 0 Å². The molecule has 0 spiro atoms. The number of rotatable bonds is 5. The van der Waals surface area contributed by atoms with E-state index in [-0.39, 0.29) is 12.5 Å². The van der Waals surface area contributed by atoms with E-state index in [9.17, 15) is 9.90 Å². The van der Waals surface area contributed by atoms with Gasteiger partial charge in [-0.2, -0.15) is 11.8 Å². The van der Waals surface area contributed by atoms with Crippen molar-refractivity contribution in [2.45, 2.75) is 12.5 Å². The summed E-state index contributed by atoms with van der Waals surface area (Å²) >= 11 is 2.89. The Balaban J connectivity index is 2.07. The molecule has 20 heavy (non-hydrogen) atoms. The van der Waals surface area contributed by atoms with Gasteiger partial charge >= 0.3 is 0 Å². The number of carbonyl (C=O) groups is 1. The van der Waals surface area contributed by atoms with Crippen molar-refractivity contribution in [1.82, 2.24) is 10.3 Å². The van der Waals surface area contributed by atoms with E-state index in [1.165, 1.54) is 23.1 Å². The second-order valence-corrected chi connectivity index (χ2v) is 6.78. The van der Waals surface area contributed by atoms with Crippen LogP contribution in [0.25, 0.3) is 10.2 Å². The second kappa shape index (κ2) is 5.99. The van der Waals surface area contributed by atoms with Crippen LogP contribution in [0.1, 0.15) is 17.3 Å². The fourth-order valence-corrected chi connectivity index (χ4v) is 3.32. The molecule has 0 saturated carbocycles. The number of nitrogens with zero attached hydrogens (tertiary/aromatic N) is 1. The lowest BCUT2D eigenvalue weighted by Crippen LogP contribution is -2.42. The van der Waals surface area contributed by atoms with E-state index in [0.29, 0.717) is 16.4 Å². The number of amides is 1. The lowest BCUT2D eigenvalue weighted by Gasteiger charge is -2.22. The zero-order valence-electron chi connectivity index (χ0n) is 11.3. The van der Waals surface area contributed by atoms with Gasteiger partial charge in [0.05, 0.1) is 15.8 Å². The Morgan fingerprint density at radius 3 is 3.05 bits per heavy atom. The first-order chi connectivity index (χ1) is 9.41. The van der Waals surface area contributed by atoms with Crippen molar-refractivity contribution in [1.29, 1.82) is 0 Å². The molecule has 0 bridgehead atoms. The summed E-state index contributed by atoms with van der Waals surface area (Å²) < 4.78 is 0.881. The first-order valence-electron chi connectivity index (χ1n) is 6.07. The maximum Gasteiger partial charge on any atom is 0.251 e. The summed E-state index contributed by atoms with van der Waals surface area (Å²) in [4.78, 5) is 16.2. The average Bonchev–Trinajstić information content (AvgIpc) is 2.75. The minimum Gasteiger partial charge on any atom is -0.387 e. The number of hydrogen-bond acceptors (Lipinski definition) is 6. The van der Waals surface area contributed by atoms with Crippen molar-refractivity contribution in [3.8, 4) is 0 Å². The molecule has 0 aliphatic rings. The van der Waals surface area contributed by atoms with Crippen LogP contribution in [0.5, 0.6) is 0 Å². The fraction of sp³-hybridized carbons (Fsp3) is 0.385. The third-order valence-electron chi connectivity index (χ3n) is 2.75. The molecule has 1 amide bonds. The van der Waals surface area contributed by atoms with Crippen LogP contribution in [0.3, 0.4) is 0 Å². The van der Waals surface area contributed by atoms with E-state index in [1.807, 2.05) is 6.26 Å². The Bertz CT molecular complexity index is 625. The van der Waals surface area contributed by atoms with Crippen molar-refractivity contribution < 1.29 is 9.90 Å². The Hall–Kier alpha value is -1.31. The number of hydrogen-bond donors (Lipinski definition) is 3. The van der Waals surface area contributed by atoms with Gasteiger partial charge in [-0.1, -0.05) is 11.3 Å². The lowest BCUT2D eigenvalue weighted by molar-refractivity contribution is 0.0725. The number of aliphatic hydroxyl groups is 1. The normalized spacial score (nSPS) is 14.2. The van der Waals surface area contributed by atoms with E-state index >= 15 is 0 Å². The van der Waals surface area contributed by atoms with E-state index in [4.69, 9.17) is 5.73 Å². The van der Waals surface area contributed by atoms with Gasteiger partial charge in [-0.3, -0.25) is 4.79 Å². The van der Waals surface area contributed by atoms with Crippen LogP contribution < -0.4 is 11.1 Å². The lowest BCUT2D eigenvalue weighted by atomic mass is 10.1. The molecule has 0 saturated heterocycles. The first-order valence-corrected chi connectivity index (χ1v) is 8.28. The van der Waals surface area contributed by atoms with Crippen LogP contribution in [0.15, 0.2) is 18.2 Å². The Morgan fingerprint density at radius 2 is 2.35 bits per heavy atom. The van der Waals surface area contributed by atoms with Crippen molar-refractivity contribution in [2.75, 3.05) is 24.3 Å². The predicted molar refractivity (Wildman–Crippen MR) is 85.4 cm³/mol. The van der Waals surface area contributed by atoms with Crippen molar-refractivity contribution >= 4 is 44.4 Å². The number of anilines is 1. The quantitative estimate of drug-likeness (QED) is 0.782. The molecule has 0 fully saturated rings. The molecule has 4 N–H and O–H groups in total. The van der Waals surface area contributed by atoms with E-state index in [2.05, 4.69) is 10.3 Å². The van der Waals surface area contributed by atoms with Gasteiger partial charge in [0.25, 0.3) is 5.91 Å². The number of benzene rings is 1. The summed E-state index contributed by atoms with van der Waals surface area (Å²) in [5.41, 5.74) is 6.06. The van der Waals surface area contributed by atoms with Gasteiger partial charge in [-0.25, -0.2) is 4.98 Å². The number of thiazole rings is 1. The van der Waals surface area contributed by atoms with Crippen LogP contribution in [0, 0.1) is 0 Å². The molecule has 5 nitrogen and oxygen atoms in total. The van der Waals surface area contributed by atoms with Gasteiger partial charge in [0, 0.05) is 17.9 Å². The SMILES string of the molecule is CSCC(C)(O)CNC(=O)c1ccc2nc(N)sc2c1. The van der Waals surface area contributed by atoms with Crippen molar-refractivity contribution in [3.05, 3.63) is 23.8 Å². The molecule has 7 heteroatoms. The minimum atomic E-state index is -0.909. The molecule has 0 aliphatic carbocycles. The van der Waals surface area contributed by atoms with Gasteiger partial charge in [0.2, 0.25) is 0 Å². The Morgan fingerprint density at radius 1 is 1.60 bits per heavy atom. The smallest absolute Gasteiger partial charge is 0.251 e. The molecule has 1 atom stereocenters. The van der Waals surface area contributed by atoms with Crippen LogP contribution in [-0.2, 0) is 0 Å². The number of aromatic nitrogens is 1. The van der Waals surface area contributed by atoms with Crippen LogP contribution in [0.4, 0.5) is 5.13 Å². The highest BCUT2D eigenvalue weighted by molar-refractivity contribution is 7.98. The van der Waals surface area contributed by atoms with Crippen LogP contribution in [0.2, 0.25) is 0 Å². The highest BCUT2D eigenvalue weighted by Crippen LogP contribution is 2.24. The highest BCUT2D eigenvalue weighted by Gasteiger charge is 2.20. The standard InChI is InChI=1S/C13H17N3O2S2/c1-13(18,7-19-2)6-15-11(17)8-3-4-9-10(5-8)20-12(14)16-9/h3-5,18H,6-7H2,1-2H3,(H2,14,16)(H,15,17). The van der Waals surface area contributed by atoms with E-state index in [0.717, 1.165) is 10.2 Å². The molecule has 1 unspecified atom stereocenters. The summed E-state index contributed by atoms with van der Waals surface area (Å²) in [5.74, 6) is 0.359. The average molecular weight is 311 g/mol. The summed E-state index contributed by atoms with van der Waals surface area (Å²) in [7, 11) is 0. The maximum atomic E-state index is 12.1. The third-order valence-corrected chi connectivity index (χ3v) is 4.51. The molecule has 1 heterocycles. The first kappa shape index (κ1) is 15.1. The zero-order valence-corrected chi connectivity index (χ0v) is 13.0. The number of nitrogens with two attached hydrogens (primary N) is 1. The number of fused-ring (bicyclic) bond motifs is 1. The monoisotopic (exact) mass is 311 g/mol. The molecule has 1 aromatic carbocycles. The van der Waals surface area contributed by atoms with Gasteiger partial charge in [0.15, 0.2) is 5.13 Å². The zero-order chi connectivity index (χ0) is 14.8. The fourth-order valence-electron chi connectivity index (χ4n) is 1.82. The van der Waals surface area contributed by atoms with E-state index in [1.54, 1.807) is 25.1 Å². The Kier molecular flexibility index (Phi) is 4.52. The molecular formula is C13H17N3O2S2. The topological polar surface area (TPSA) is 88.2 Å². The minimum absolute atomic E-state index is 0.208. The van der Waals surface area contributed by atoms with Crippen LogP contribution in [-0.4, -0.2) is 40.2 Å². The molecule has 2 rings (SSSR count). The van der Waals surface area contributed by atoms with Crippen molar-refractivity contribution in [3.63, 3.8) is 0 Å². The number of nitrogen functional groups attached to an aromatic ring is 1. The highest BCUT2D eigenvalue weighted by atomic mass is 32.2. The van der Waals surface area contributed by atoms with Gasteiger partial charge in [0.1, 0.15) is 0 Å². The number of nitrogens with one attached hydrogen (secondary N) is 1.